The van der Waals surface area contributed by atoms with Crippen molar-refractivity contribution in [3.63, 3.8) is 0 Å². The number of ether oxygens (including phenoxy) is 1. The molecule has 1 atom stereocenters. The smallest absolute Gasteiger partial charge is 0.0663 e. The Bertz CT molecular complexity index is 346. The monoisotopic (exact) mass is 305 g/mol. The molecular weight excluding hydrogens is 289 g/mol. The number of likely N-dealkylation sites (N-methyl/N-ethyl adjacent to an activating group) is 1. The first-order valence-electron chi connectivity index (χ1n) is 5.16. The highest BCUT2D eigenvalue weighted by atomic mass is 79.9. The number of halogens is 2. The summed E-state index contributed by atoms with van der Waals surface area (Å²) in [7, 11) is 3.76. The number of rotatable bonds is 5. The second kappa shape index (κ2) is 6.48. The highest BCUT2D eigenvalue weighted by Crippen LogP contribution is 2.25. The van der Waals surface area contributed by atoms with Gasteiger partial charge in [-0.2, -0.15) is 0 Å². The molecule has 0 fully saturated rings. The van der Waals surface area contributed by atoms with Crippen molar-refractivity contribution in [2.75, 3.05) is 25.7 Å². The van der Waals surface area contributed by atoms with Crippen LogP contribution in [-0.2, 0) is 10.1 Å². The van der Waals surface area contributed by atoms with Crippen LogP contribution < -0.4 is 4.90 Å². The first-order valence-corrected chi connectivity index (χ1v) is 6.66. The van der Waals surface area contributed by atoms with Gasteiger partial charge in [-0.3, -0.25) is 0 Å². The summed E-state index contributed by atoms with van der Waals surface area (Å²) >= 11 is 9.57. The molecule has 90 valence electrons. The van der Waals surface area contributed by atoms with Gasteiger partial charge in [0.15, 0.2) is 0 Å². The maximum Gasteiger partial charge on any atom is 0.0663 e. The Morgan fingerprint density at radius 2 is 2.19 bits per heavy atom. The number of hydrogen-bond acceptors (Lipinski definition) is 2. The van der Waals surface area contributed by atoms with Gasteiger partial charge >= 0.3 is 0 Å². The third-order valence-electron chi connectivity index (χ3n) is 2.66. The van der Waals surface area contributed by atoms with Crippen molar-refractivity contribution in [3.05, 3.63) is 28.8 Å². The van der Waals surface area contributed by atoms with E-state index in [1.54, 1.807) is 7.11 Å². The van der Waals surface area contributed by atoms with Crippen molar-refractivity contribution >= 4 is 33.2 Å². The summed E-state index contributed by atoms with van der Waals surface area (Å²) in [5.74, 6) is 0. The molecular formula is C12H17BrClNO. The fraction of sp³-hybridized carbons (Fsp3) is 0.500. The summed E-state index contributed by atoms with van der Waals surface area (Å²) in [6.07, 6.45) is 0. The minimum atomic E-state index is 0.330. The maximum atomic E-state index is 6.17. The van der Waals surface area contributed by atoms with E-state index in [9.17, 15) is 0 Å². The van der Waals surface area contributed by atoms with Crippen molar-refractivity contribution in [1.29, 1.82) is 0 Å². The highest BCUT2D eigenvalue weighted by molar-refractivity contribution is 9.08. The van der Waals surface area contributed by atoms with Crippen molar-refractivity contribution in [3.8, 4) is 0 Å². The molecule has 16 heavy (non-hydrogen) atoms. The molecule has 1 rings (SSSR count). The average Bonchev–Trinajstić information content (AvgIpc) is 2.28. The van der Waals surface area contributed by atoms with Gasteiger partial charge in [0, 0.05) is 36.2 Å². The van der Waals surface area contributed by atoms with Crippen molar-refractivity contribution in [2.24, 2.45) is 0 Å². The van der Waals surface area contributed by atoms with Crippen LogP contribution in [0.1, 0.15) is 12.5 Å². The minimum Gasteiger partial charge on any atom is -0.383 e. The largest absolute Gasteiger partial charge is 0.383 e. The van der Waals surface area contributed by atoms with Gasteiger partial charge in [0.25, 0.3) is 0 Å². The van der Waals surface area contributed by atoms with Crippen LogP contribution in [0.4, 0.5) is 5.69 Å². The molecule has 2 nitrogen and oxygen atoms in total. The third kappa shape index (κ3) is 3.37. The van der Waals surface area contributed by atoms with Crippen LogP contribution in [0.3, 0.4) is 0 Å². The molecule has 0 bridgehead atoms. The number of anilines is 1. The predicted octanol–water partition coefficient (Wildman–Crippen LogP) is 3.71. The summed E-state index contributed by atoms with van der Waals surface area (Å²) in [5.41, 5.74) is 2.22. The normalized spacial score (nSPS) is 12.6. The first kappa shape index (κ1) is 13.8. The molecule has 0 aliphatic carbocycles. The Labute approximate surface area is 111 Å². The van der Waals surface area contributed by atoms with Crippen LogP contribution in [0.15, 0.2) is 18.2 Å². The molecule has 0 N–H and O–H groups in total. The topological polar surface area (TPSA) is 12.5 Å². The van der Waals surface area contributed by atoms with Gasteiger partial charge in [0.1, 0.15) is 0 Å². The number of alkyl halides is 1. The second-order valence-electron chi connectivity index (χ2n) is 3.82. The lowest BCUT2D eigenvalue weighted by Crippen LogP contribution is -2.32. The molecule has 0 heterocycles. The molecule has 0 aromatic heterocycles. The van der Waals surface area contributed by atoms with Crippen LogP contribution in [0, 0.1) is 0 Å². The van der Waals surface area contributed by atoms with Crippen molar-refractivity contribution < 1.29 is 4.74 Å². The minimum absolute atomic E-state index is 0.330. The molecule has 1 aromatic rings. The lowest BCUT2D eigenvalue weighted by molar-refractivity contribution is 0.183. The zero-order valence-electron chi connectivity index (χ0n) is 9.84. The first-order chi connectivity index (χ1) is 7.60. The lowest BCUT2D eigenvalue weighted by Gasteiger charge is -2.26. The van der Waals surface area contributed by atoms with Gasteiger partial charge in [-0.25, -0.2) is 0 Å². The predicted molar refractivity (Wildman–Crippen MR) is 73.8 cm³/mol. The van der Waals surface area contributed by atoms with Crippen LogP contribution in [0.2, 0.25) is 5.02 Å². The van der Waals surface area contributed by atoms with E-state index in [0.717, 1.165) is 21.6 Å². The quantitative estimate of drug-likeness (QED) is 0.769. The summed E-state index contributed by atoms with van der Waals surface area (Å²) < 4.78 is 5.14. The fourth-order valence-corrected chi connectivity index (χ4v) is 2.36. The Morgan fingerprint density at radius 1 is 1.50 bits per heavy atom. The van der Waals surface area contributed by atoms with Crippen molar-refractivity contribution in [1.82, 2.24) is 0 Å². The zero-order chi connectivity index (χ0) is 12.1. The molecule has 1 unspecified atom stereocenters. The van der Waals surface area contributed by atoms with Gasteiger partial charge < -0.3 is 9.64 Å². The Balaban J connectivity index is 2.84. The van der Waals surface area contributed by atoms with Crippen LogP contribution in [-0.4, -0.2) is 26.8 Å². The summed E-state index contributed by atoms with van der Waals surface area (Å²) in [5, 5.41) is 1.58. The molecule has 0 aliphatic rings. The second-order valence-corrected chi connectivity index (χ2v) is 4.79. The number of methoxy groups -OCH3 is 1. The van der Waals surface area contributed by atoms with Gasteiger partial charge in [-0.05, 0) is 24.6 Å². The van der Waals surface area contributed by atoms with Gasteiger partial charge in [0.05, 0.1) is 6.61 Å². The number of hydrogen-bond donors (Lipinski definition) is 0. The SMILES string of the molecule is COCC(C)N(C)c1ccc(CBr)c(Cl)c1. The highest BCUT2D eigenvalue weighted by Gasteiger charge is 2.10. The lowest BCUT2D eigenvalue weighted by atomic mass is 10.2. The van der Waals surface area contributed by atoms with E-state index in [2.05, 4.69) is 33.8 Å². The summed E-state index contributed by atoms with van der Waals surface area (Å²) in [4.78, 5) is 2.16. The van der Waals surface area contributed by atoms with E-state index in [-0.39, 0.29) is 0 Å². The number of benzene rings is 1. The average molecular weight is 307 g/mol. The Kier molecular flexibility index (Phi) is 5.59. The van der Waals surface area contributed by atoms with Crippen LogP contribution >= 0.6 is 27.5 Å². The fourth-order valence-electron chi connectivity index (χ4n) is 1.47. The Hall–Kier alpha value is -0.250. The summed E-state index contributed by atoms with van der Waals surface area (Å²) in [6.45, 7) is 2.82. The molecule has 4 heteroatoms. The van der Waals surface area contributed by atoms with E-state index in [4.69, 9.17) is 16.3 Å². The van der Waals surface area contributed by atoms with Crippen LogP contribution in [0.5, 0.6) is 0 Å². The molecule has 0 radical (unpaired) electrons. The van der Waals surface area contributed by atoms with E-state index < -0.39 is 0 Å². The Morgan fingerprint density at radius 3 is 2.69 bits per heavy atom. The molecule has 0 saturated carbocycles. The molecule has 0 spiro atoms. The molecule has 0 saturated heterocycles. The van der Waals surface area contributed by atoms with E-state index in [1.165, 1.54) is 0 Å². The van der Waals surface area contributed by atoms with E-state index >= 15 is 0 Å². The summed E-state index contributed by atoms with van der Waals surface area (Å²) in [6, 6.07) is 6.44. The van der Waals surface area contributed by atoms with Gasteiger partial charge in [-0.1, -0.05) is 33.6 Å². The standard InChI is InChI=1S/C12H17BrClNO/c1-9(8-16-3)15(2)11-5-4-10(7-13)12(14)6-11/h4-6,9H,7-8H2,1-3H3. The molecule has 0 aliphatic heterocycles. The third-order valence-corrected chi connectivity index (χ3v) is 3.61. The van der Waals surface area contributed by atoms with E-state index in [1.807, 2.05) is 19.2 Å². The number of nitrogens with zero attached hydrogens (tertiary/aromatic N) is 1. The molecule has 1 aromatic carbocycles. The van der Waals surface area contributed by atoms with E-state index in [0.29, 0.717) is 12.6 Å². The van der Waals surface area contributed by atoms with Gasteiger partial charge in [0.2, 0.25) is 0 Å². The molecule has 0 amide bonds. The maximum absolute atomic E-state index is 6.17. The van der Waals surface area contributed by atoms with Gasteiger partial charge in [-0.15, -0.1) is 0 Å². The van der Waals surface area contributed by atoms with Crippen LogP contribution in [0.25, 0.3) is 0 Å². The van der Waals surface area contributed by atoms with Crippen molar-refractivity contribution in [2.45, 2.75) is 18.3 Å². The zero-order valence-corrected chi connectivity index (χ0v) is 12.2.